The first-order valence-electron chi connectivity index (χ1n) is 5.09. The van der Waals surface area contributed by atoms with Crippen LogP contribution in [0.5, 0.6) is 0 Å². The third-order valence-corrected chi connectivity index (χ3v) is 2.25. The molecule has 0 fully saturated rings. The monoisotopic (exact) mass is 243 g/mol. The fourth-order valence-corrected chi connectivity index (χ4v) is 1.32. The first kappa shape index (κ1) is 13.7. The number of aryl methyl sites for hydroxylation is 1. The largest absolute Gasteiger partial charge is 0.354 e. The SMILES string of the molecule is COC(CN=Cc1cc(C)c(F)c(F)c1)OC. The molecule has 0 unspecified atom stereocenters. The lowest BCUT2D eigenvalue weighted by molar-refractivity contribution is -0.0936. The Labute approximate surface area is 99.1 Å². The van der Waals surface area contributed by atoms with E-state index in [1.54, 1.807) is 0 Å². The number of aliphatic imine (C=N–C) groups is 1. The van der Waals surface area contributed by atoms with E-state index in [4.69, 9.17) is 9.47 Å². The molecular formula is C12H15F2NO2. The van der Waals surface area contributed by atoms with Crippen LogP contribution in [-0.2, 0) is 9.47 Å². The van der Waals surface area contributed by atoms with Gasteiger partial charge in [-0.25, -0.2) is 8.78 Å². The number of ether oxygens (including phenoxy) is 2. The normalized spacial score (nSPS) is 11.6. The molecular weight excluding hydrogens is 228 g/mol. The number of methoxy groups -OCH3 is 2. The quantitative estimate of drug-likeness (QED) is 0.587. The van der Waals surface area contributed by atoms with Gasteiger partial charge >= 0.3 is 0 Å². The molecule has 0 radical (unpaired) electrons. The van der Waals surface area contributed by atoms with Crippen LogP contribution in [0, 0.1) is 18.6 Å². The van der Waals surface area contributed by atoms with Gasteiger partial charge in [-0.05, 0) is 30.2 Å². The van der Waals surface area contributed by atoms with E-state index < -0.39 is 17.9 Å². The molecule has 0 amide bonds. The van der Waals surface area contributed by atoms with Crippen molar-refractivity contribution >= 4 is 6.21 Å². The number of halogens is 2. The molecule has 0 aliphatic rings. The van der Waals surface area contributed by atoms with E-state index in [2.05, 4.69) is 4.99 Å². The van der Waals surface area contributed by atoms with Gasteiger partial charge in [-0.15, -0.1) is 0 Å². The van der Waals surface area contributed by atoms with Crippen molar-refractivity contribution in [2.75, 3.05) is 20.8 Å². The van der Waals surface area contributed by atoms with Gasteiger partial charge in [-0.1, -0.05) is 0 Å². The summed E-state index contributed by atoms with van der Waals surface area (Å²) in [6, 6.07) is 2.62. The third kappa shape index (κ3) is 3.87. The molecule has 94 valence electrons. The second-order valence-electron chi connectivity index (χ2n) is 3.53. The second kappa shape index (κ2) is 6.42. The molecule has 17 heavy (non-hydrogen) atoms. The Balaban J connectivity index is 2.72. The fraction of sp³-hybridized carbons (Fsp3) is 0.417. The van der Waals surface area contributed by atoms with E-state index in [1.165, 1.54) is 33.4 Å². The minimum atomic E-state index is -0.874. The molecule has 0 spiro atoms. The van der Waals surface area contributed by atoms with Crippen LogP contribution in [0.4, 0.5) is 8.78 Å². The van der Waals surface area contributed by atoms with Gasteiger partial charge in [-0.2, -0.15) is 0 Å². The number of benzene rings is 1. The lowest BCUT2D eigenvalue weighted by atomic mass is 10.1. The van der Waals surface area contributed by atoms with Gasteiger partial charge in [0.25, 0.3) is 0 Å². The Hall–Kier alpha value is -1.33. The van der Waals surface area contributed by atoms with Gasteiger partial charge in [0.05, 0.1) is 6.54 Å². The number of hydrogen-bond acceptors (Lipinski definition) is 3. The number of nitrogens with zero attached hydrogens (tertiary/aromatic N) is 1. The number of rotatable bonds is 5. The summed E-state index contributed by atoms with van der Waals surface area (Å²) in [7, 11) is 3.01. The molecule has 0 bridgehead atoms. The van der Waals surface area contributed by atoms with E-state index >= 15 is 0 Å². The van der Waals surface area contributed by atoms with Crippen LogP contribution in [0.3, 0.4) is 0 Å². The van der Waals surface area contributed by atoms with E-state index in [-0.39, 0.29) is 5.56 Å². The molecule has 0 saturated carbocycles. The Morgan fingerprint density at radius 1 is 1.29 bits per heavy atom. The predicted octanol–water partition coefficient (Wildman–Crippen LogP) is 2.31. The molecule has 1 rings (SSSR count). The minimum absolute atomic E-state index is 0.251. The van der Waals surface area contributed by atoms with Crippen molar-refractivity contribution in [1.82, 2.24) is 0 Å². The smallest absolute Gasteiger partial charge is 0.176 e. The van der Waals surface area contributed by atoms with Crippen molar-refractivity contribution in [1.29, 1.82) is 0 Å². The van der Waals surface area contributed by atoms with Gasteiger partial charge in [-0.3, -0.25) is 4.99 Å². The van der Waals surface area contributed by atoms with E-state index in [9.17, 15) is 8.78 Å². The summed E-state index contributed by atoms with van der Waals surface area (Å²) in [6.45, 7) is 1.80. The highest BCUT2D eigenvalue weighted by atomic mass is 19.2. The molecule has 0 N–H and O–H groups in total. The average Bonchev–Trinajstić information content (AvgIpc) is 2.31. The molecule has 1 aromatic carbocycles. The topological polar surface area (TPSA) is 30.8 Å². The van der Waals surface area contributed by atoms with E-state index in [0.717, 1.165) is 6.07 Å². The highest BCUT2D eigenvalue weighted by Crippen LogP contribution is 2.12. The second-order valence-corrected chi connectivity index (χ2v) is 3.53. The Kier molecular flexibility index (Phi) is 5.18. The van der Waals surface area contributed by atoms with Crippen LogP contribution in [0.25, 0.3) is 0 Å². The summed E-state index contributed by atoms with van der Waals surface area (Å²) < 4.78 is 36.0. The van der Waals surface area contributed by atoms with Crippen LogP contribution in [0.15, 0.2) is 17.1 Å². The van der Waals surface area contributed by atoms with Gasteiger partial charge in [0.2, 0.25) is 0 Å². The van der Waals surface area contributed by atoms with Crippen molar-refractivity contribution in [2.45, 2.75) is 13.2 Å². The summed E-state index contributed by atoms with van der Waals surface area (Å²) >= 11 is 0. The Morgan fingerprint density at radius 2 is 1.94 bits per heavy atom. The zero-order valence-electron chi connectivity index (χ0n) is 10.0. The fourth-order valence-electron chi connectivity index (χ4n) is 1.32. The molecule has 3 nitrogen and oxygen atoms in total. The Morgan fingerprint density at radius 3 is 2.47 bits per heavy atom. The molecule has 0 heterocycles. The summed E-state index contributed by atoms with van der Waals surface area (Å²) in [4.78, 5) is 4.03. The zero-order chi connectivity index (χ0) is 12.8. The highest BCUT2D eigenvalue weighted by molar-refractivity contribution is 5.79. The standard InChI is InChI=1S/C12H15F2NO2/c1-8-4-9(5-10(13)12(8)14)6-15-7-11(16-2)17-3/h4-6,11H,7H2,1-3H3. The van der Waals surface area contributed by atoms with Crippen LogP contribution in [-0.4, -0.2) is 33.3 Å². The van der Waals surface area contributed by atoms with Gasteiger partial charge in [0, 0.05) is 20.4 Å². The summed E-state index contributed by atoms with van der Waals surface area (Å²) in [6.07, 6.45) is 1.03. The van der Waals surface area contributed by atoms with E-state index in [0.29, 0.717) is 12.1 Å². The van der Waals surface area contributed by atoms with Gasteiger partial charge in [0.1, 0.15) is 0 Å². The summed E-state index contributed by atoms with van der Waals surface area (Å²) in [5.74, 6) is -1.70. The van der Waals surface area contributed by atoms with Crippen molar-refractivity contribution in [3.8, 4) is 0 Å². The average molecular weight is 243 g/mol. The molecule has 1 aromatic rings. The van der Waals surface area contributed by atoms with Crippen molar-refractivity contribution < 1.29 is 18.3 Å². The molecule has 0 atom stereocenters. The van der Waals surface area contributed by atoms with E-state index in [1.807, 2.05) is 0 Å². The molecule has 0 aliphatic carbocycles. The van der Waals surface area contributed by atoms with Crippen molar-refractivity contribution in [2.24, 2.45) is 4.99 Å². The maximum atomic E-state index is 13.1. The van der Waals surface area contributed by atoms with Gasteiger partial charge in [0.15, 0.2) is 17.9 Å². The third-order valence-electron chi connectivity index (χ3n) is 2.25. The lowest BCUT2D eigenvalue weighted by Crippen LogP contribution is -2.16. The first-order valence-corrected chi connectivity index (χ1v) is 5.09. The molecule has 0 aromatic heterocycles. The first-order chi connectivity index (χ1) is 8.08. The summed E-state index contributed by atoms with van der Waals surface area (Å²) in [5, 5.41) is 0. The minimum Gasteiger partial charge on any atom is -0.354 e. The lowest BCUT2D eigenvalue weighted by Gasteiger charge is -2.09. The summed E-state index contributed by atoms with van der Waals surface area (Å²) in [5.41, 5.74) is 0.758. The van der Waals surface area contributed by atoms with Crippen molar-refractivity contribution in [3.05, 3.63) is 34.9 Å². The van der Waals surface area contributed by atoms with Crippen LogP contribution < -0.4 is 0 Å². The van der Waals surface area contributed by atoms with Crippen LogP contribution >= 0.6 is 0 Å². The molecule has 0 saturated heterocycles. The van der Waals surface area contributed by atoms with Gasteiger partial charge < -0.3 is 9.47 Å². The predicted molar refractivity (Wildman–Crippen MR) is 61.4 cm³/mol. The Bertz CT molecular complexity index is 380. The maximum Gasteiger partial charge on any atom is 0.176 e. The van der Waals surface area contributed by atoms with Crippen LogP contribution in [0.2, 0.25) is 0 Å². The zero-order valence-corrected chi connectivity index (χ0v) is 10.0. The van der Waals surface area contributed by atoms with Crippen molar-refractivity contribution in [3.63, 3.8) is 0 Å². The van der Waals surface area contributed by atoms with Crippen LogP contribution in [0.1, 0.15) is 11.1 Å². The maximum absolute atomic E-state index is 13.1. The number of hydrogen-bond donors (Lipinski definition) is 0. The molecule has 5 heteroatoms. The molecule has 0 aliphatic heterocycles. The highest BCUT2D eigenvalue weighted by Gasteiger charge is 2.06.